The molecule has 2 aromatic heterocycles. The van der Waals surface area contributed by atoms with E-state index >= 15 is 0 Å². The summed E-state index contributed by atoms with van der Waals surface area (Å²) >= 11 is 0. The lowest BCUT2D eigenvalue weighted by molar-refractivity contribution is 0.0620. The zero-order valence-electron chi connectivity index (χ0n) is 17.0. The van der Waals surface area contributed by atoms with Gasteiger partial charge in [-0.25, -0.2) is 9.18 Å². The predicted octanol–water partition coefficient (Wildman–Crippen LogP) is 1.87. The van der Waals surface area contributed by atoms with Gasteiger partial charge in [0.05, 0.1) is 12.2 Å². The smallest absolute Gasteiger partial charge is 0.349 e. The van der Waals surface area contributed by atoms with Crippen LogP contribution in [0.25, 0.3) is 16.7 Å². The number of fused-ring (bicyclic) bond motifs is 1. The Morgan fingerprint density at radius 3 is 2.56 bits per heavy atom. The molecule has 162 valence electrons. The van der Waals surface area contributed by atoms with E-state index in [0.717, 1.165) is 0 Å². The van der Waals surface area contributed by atoms with Crippen molar-refractivity contribution in [1.29, 1.82) is 0 Å². The van der Waals surface area contributed by atoms with E-state index in [0.29, 0.717) is 55.2 Å². The third-order valence-electron chi connectivity index (χ3n) is 5.50. The molecule has 0 unspecified atom stereocenters. The molecule has 10 heteroatoms. The van der Waals surface area contributed by atoms with Gasteiger partial charge in [-0.2, -0.15) is 4.68 Å². The Labute approximate surface area is 181 Å². The SMILES string of the molecule is O=C(c1cc2ccccc2oc1=O)N1CCN(Cc2nnnn2-c2ccc(F)cc2)CC1. The molecule has 5 rings (SSSR count). The normalized spacial score (nSPS) is 14.7. The lowest BCUT2D eigenvalue weighted by Crippen LogP contribution is -2.49. The van der Waals surface area contributed by atoms with E-state index in [9.17, 15) is 14.0 Å². The number of nitrogens with zero attached hydrogens (tertiary/aromatic N) is 6. The van der Waals surface area contributed by atoms with Crippen LogP contribution in [-0.4, -0.2) is 62.1 Å². The van der Waals surface area contributed by atoms with Crippen molar-refractivity contribution < 1.29 is 13.6 Å². The van der Waals surface area contributed by atoms with E-state index in [4.69, 9.17) is 4.42 Å². The molecule has 0 aliphatic carbocycles. The van der Waals surface area contributed by atoms with Crippen LogP contribution in [0, 0.1) is 5.82 Å². The molecule has 1 aliphatic rings. The van der Waals surface area contributed by atoms with E-state index in [-0.39, 0.29) is 17.3 Å². The molecular formula is C22H19FN6O3. The first-order chi connectivity index (χ1) is 15.6. The Hall–Kier alpha value is -3.92. The molecule has 3 heterocycles. The number of carbonyl (C=O) groups excluding carboxylic acids is 1. The largest absolute Gasteiger partial charge is 0.422 e. The molecule has 1 aliphatic heterocycles. The molecule has 0 N–H and O–H groups in total. The Morgan fingerprint density at radius 1 is 1.03 bits per heavy atom. The molecule has 1 saturated heterocycles. The van der Waals surface area contributed by atoms with E-state index in [1.54, 1.807) is 46.0 Å². The predicted molar refractivity (Wildman–Crippen MR) is 113 cm³/mol. The minimum Gasteiger partial charge on any atom is -0.422 e. The lowest BCUT2D eigenvalue weighted by Gasteiger charge is -2.34. The Balaban J connectivity index is 1.26. The summed E-state index contributed by atoms with van der Waals surface area (Å²) in [5.41, 5.74) is 0.535. The van der Waals surface area contributed by atoms with Crippen molar-refractivity contribution in [3.63, 3.8) is 0 Å². The van der Waals surface area contributed by atoms with Gasteiger partial charge in [0.15, 0.2) is 5.82 Å². The standard InChI is InChI=1S/C22H19FN6O3/c23-16-5-7-17(8-6-16)29-20(24-25-26-29)14-27-9-11-28(12-10-27)21(30)18-13-15-3-1-2-4-19(15)32-22(18)31/h1-8,13H,9-12,14H2. The van der Waals surface area contributed by atoms with Crippen LogP contribution in [0.4, 0.5) is 4.39 Å². The summed E-state index contributed by atoms with van der Waals surface area (Å²) in [5.74, 6) is -0.0449. The quantitative estimate of drug-likeness (QED) is 0.452. The van der Waals surface area contributed by atoms with Crippen LogP contribution in [0.15, 0.2) is 63.8 Å². The number of carbonyl (C=O) groups is 1. The van der Waals surface area contributed by atoms with Crippen LogP contribution in [0.5, 0.6) is 0 Å². The fraction of sp³-hybridized carbons (Fsp3) is 0.227. The molecule has 0 atom stereocenters. The summed E-state index contributed by atoms with van der Waals surface area (Å²) in [6.07, 6.45) is 0. The van der Waals surface area contributed by atoms with Gasteiger partial charge in [0.25, 0.3) is 5.91 Å². The van der Waals surface area contributed by atoms with Gasteiger partial charge >= 0.3 is 5.63 Å². The Bertz CT molecular complexity index is 1330. The highest BCUT2D eigenvalue weighted by atomic mass is 19.1. The van der Waals surface area contributed by atoms with Crippen LogP contribution < -0.4 is 5.63 Å². The molecule has 4 aromatic rings. The number of para-hydroxylation sites is 1. The van der Waals surface area contributed by atoms with Gasteiger partial charge in [-0.05, 0) is 46.8 Å². The van der Waals surface area contributed by atoms with Gasteiger partial charge in [0.1, 0.15) is 17.0 Å². The highest BCUT2D eigenvalue weighted by molar-refractivity contribution is 5.96. The zero-order chi connectivity index (χ0) is 22.1. The highest BCUT2D eigenvalue weighted by Crippen LogP contribution is 2.16. The fourth-order valence-electron chi connectivity index (χ4n) is 3.78. The highest BCUT2D eigenvalue weighted by Gasteiger charge is 2.26. The average Bonchev–Trinajstić information content (AvgIpc) is 3.27. The van der Waals surface area contributed by atoms with Crippen molar-refractivity contribution in [3.05, 3.63) is 82.2 Å². The van der Waals surface area contributed by atoms with E-state index in [1.807, 2.05) is 6.07 Å². The van der Waals surface area contributed by atoms with Crippen molar-refractivity contribution in [2.24, 2.45) is 0 Å². The number of rotatable bonds is 4. The number of hydrogen-bond acceptors (Lipinski definition) is 7. The molecule has 0 saturated carbocycles. The number of aromatic nitrogens is 4. The molecular weight excluding hydrogens is 415 g/mol. The van der Waals surface area contributed by atoms with Crippen LogP contribution in [-0.2, 0) is 6.54 Å². The maximum absolute atomic E-state index is 13.2. The van der Waals surface area contributed by atoms with Gasteiger partial charge in [-0.1, -0.05) is 18.2 Å². The first-order valence-electron chi connectivity index (χ1n) is 10.2. The van der Waals surface area contributed by atoms with Gasteiger partial charge in [0, 0.05) is 31.6 Å². The van der Waals surface area contributed by atoms with Gasteiger partial charge in [0.2, 0.25) is 0 Å². The molecule has 0 bridgehead atoms. The molecule has 9 nitrogen and oxygen atoms in total. The molecule has 1 amide bonds. The Kier molecular flexibility index (Phi) is 5.20. The molecule has 0 spiro atoms. The van der Waals surface area contributed by atoms with Crippen LogP contribution in [0.1, 0.15) is 16.2 Å². The van der Waals surface area contributed by atoms with Crippen molar-refractivity contribution in [2.45, 2.75) is 6.54 Å². The average molecular weight is 434 g/mol. The topological polar surface area (TPSA) is 97.4 Å². The summed E-state index contributed by atoms with van der Waals surface area (Å²) < 4.78 is 20.1. The molecule has 1 fully saturated rings. The number of piperazine rings is 1. The molecule has 2 aromatic carbocycles. The van der Waals surface area contributed by atoms with Crippen molar-refractivity contribution >= 4 is 16.9 Å². The first kappa shape index (κ1) is 20.0. The summed E-state index contributed by atoms with van der Waals surface area (Å²) in [6, 6.07) is 14.6. The summed E-state index contributed by atoms with van der Waals surface area (Å²) in [5, 5.41) is 12.5. The minimum absolute atomic E-state index is 0.0393. The number of halogens is 1. The third-order valence-corrected chi connectivity index (χ3v) is 5.50. The Morgan fingerprint density at radius 2 is 1.78 bits per heavy atom. The second-order valence-corrected chi connectivity index (χ2v) is 7.54. The number of tetrazole rings is 1. The van der Waals surface area contributed by atoms with Crippen LogP contribution >= 0.6 is 0 Å². The second kappa shape index (κ2) is 8.31. The second-order valence-electron chi connectivity index (χ2n) is 7.54. The van der Waals surface area contributed by atoms with Crippen molar-refractivity contribution in [1.82, 2.24) is 30.0 Å². The van der Waals surface area contributed by atoms with Crippen LogP contribution in [0.3, 0.4) is 0 Å². The number of amides is 1. The van der Waals surface area contributed by atoms with E-state index in [1.165, 1.54) is 12.1 Å². The zero-order valence-corrected chi connectivity index (χ0v) is 17.0. The number of benzene rings is 2. The summed E-state index contributed by atoms with van der Waals surface area (Å²) in [4.78, 5) is 29.0. The van der Waals surface area contributed by atoms with Crippen molar-refractivity contribution in [2.75, 3.05) is 26.2 Å². The molecule has 32 heavy (non-hydrogen) atoms. The maximum Gasteiger partial charge on any atom is 0.349 e. The fourth-order valence-corrected chi connectivity index (χ4v) is 3.78. The summed E-state index contributed by atoms with van der Waals surface area (Å²) in [7, 11) is 0. The molecule has 0 radical (unpaired) electrons. The van der Waals surface area contributed by atoms with E-state index < -0.39 is 5.63 Å². The summed E-state index contributed by atoms with van der Waals surface area (Å²) in [6.45, 7) is 2.60. The van der Waals surface area contributed by atoms with Crippen molar-refractivity contribution in [3.8, 4) is 5.69 Å². The first-order valence-corrected chi connectivity index (χ1v) is 10.2. The maximum atomic E-state index is 13.2. The van der Waals surface area contributed by atoms with E-state index in [2.05, 4.69) is 20.4 Å². The van der Waals surface area contributed by atoms with Gasteiger partial charge < -0.3 is 9.32 Å². The monoisotopic (exact) mass is 434 g/mol. The number of hydrogen-bond donors (Lipinski definition) is 0. The van der Waals surface area contributed by atoms with Gasteiger partial charge in [-0.3, -0.25) is 9.69 Å². The third kappa shape index (κ3) is 3.87. The van der Waals surface area contributed by atoms with Gasteiger partial charge in [-0.15, -0.1) is 5.10 Å². The van der Waals surface area contributed by atoms with Crippen LogP contribution in [0.2, 0.25) is 0 Å². The minimum atomic E-state index is -0.630. The lowest BCUT2D eigenvalue weighted by atomic mass is 10.1.